The van der Waals surface area contributed by atoms with Gasteiger partial charge in [-0.25, -0.2) is 4.79 Å². The number of hydrogen-bond donors (Lipinski definition) is 1. The van der Waals surface area contributed by atoms with Gasteiger partial charge < -0.3 is 9.84 Å². The number of carbonyl (C=O) groups is 3. The Kier molecular flexibility index (Phi) is 7.84. The summed E-state index contributed by atoms with van der Waals surface area (Å²) in [4.78, 5) is 33.8. The molecule has 1 aromatic heterocycles. The summed E-state index contributed by atoms with van der Waals surface area (Å²) in [6, 6.07) is 3.75. The van der Waals surface area contributed by atoms with Crippen molar-refractivity contribution in [3.8, 4) is 0 Å². The molecule has 0 aromatic carbocycles. The second kappa shape index (κ2) is 9.11. The number of carboxylic acids is 1. The highest BCUT2D eigenvalue weighted by Crippen LogP contribution is 2.25. The maximum atomic E-state index is 11.8. The molecule has 1 heterocycles. The van der Waals surface area contributed by atoms with Crippen LogP contribution in [0, 0.1) is 5.92 Å². The minimum Gasteiger partial charge on any atom is -0.478 e. The number of carboxylic acid groups (broad SMARTS) is 1. The van der Waals surface area contributed by atoms with E-state index in [0.717, 1.165) is 16.0 Å². The Morgan fingerprint density at radius 2 is 2.10 bits per heavy atom. The standard InChI is InChI=1S/C13H16O5S3/c1-8(6-20-9(2)14)13(17)18-10(12(15)16)7-21-11-4-3-5-19-11/h3-5,8,10H,6-7H2,1-2H3,(H,15,16)/t8-,10?/m0/s1. The van der Waals surface area contributed by atoms with Crippen LogP contribution in [0.1, 0.15) is 13.8 Å². The lowest BCUT2D eigenvalue weighted by atomic mass is 10.2. The van der Waals surface area contributed by atoms with Crippen molar-refractivity contribution in [1.29, 1.82) is 0 Å². The molecule has 116 valence electrons. The molecule has 1 unspecified atom stereocenters. The highest BCUT2D eigenvalue weighted by atomic mass is 32.2. The highest BCUT2D eigenvalue weighted by Gasteiger charge is 2.25. The zero-order valence-electron chi connectivity index (χ0n) is 11.6. The van der Waals surface area contributed by atoms with E-state index in [1.165, 1.54) is 30.0 Å². The summed E-state index contributed by atoms with van der Waals surface area (Å²) >= 11 is 3.86. The van der Waals surface area contributed by atoms with E-state index in [1.807, 2.05) is 17.5 Å². The smallest absolute Gasteiger partial charge is 0.345 e. The molecule has 0 spiro atoms. The normalized spacial score (nSPS) is 13.4. The largest absolute Gasteiger partial charge is 0.478 e. The van der Waals surface area contributed by atoms with E-state index in [-0.39, 0.29) is 10.9 Å². The Hall–Kier alpha value is -0.990. The number of thiophene rings is 1. The first-order valence-electron chi connectivity index (χ1n) is 6.13. The van der Waals surface area contributed by atoms with Gasteiger partial charge in [-0.1, -0.05) is 24.8 Å². The van der Waals surface area contributed by atoms with Crippen LogP contribution in [-0.4, -0.2) is 39.8 Å². The predicted molar refractivity (Wildman–Crippen MR) is 84.9 cm³/mol. The average Bonchev–Trinajstić information content (AvgIpc) is 2.93. The van der Waals surface area contributed by atoms with Gasteiger partial charge in [-0.15, -0.1) is 23.1 Å². The number of esters is 1. The van der Waals surface area contributed by atoms with Gasteiger partial charge in [0.05, 0.1) is 10.1 Å². The molecule has 0 aliphatic rings. The van der Waals surface area contributed by atoms with E-state index >= 15 is 0 Å². The molecule has 0 fully saturated rings. The summed E-state index contributed by atoms with van der Waals surface area (Å²) in [6.45, 7) is 3.03. The molecular formula is C13H16O5S3. The van der Waals surface area contributed by atoms with E-state index in [9.17, 15) is 14.4 Å². The number of hydrogen-bond acceptors (Lipinski definition) is 7. The first-order chi connectivity index (χ1) is 9.90. The van der Waals surface area contributed by atoms with Crippen LogP contribution in [0.25, 0.3) is 0 Å². The van der Waals surface area contributed by atoms with Gasteiger partial charge in [-0.2, -0.15) is 0 Å². The molecule has 2 atom stereocenters. The Balaban J connectivity index is 2.47. The molecule has 0 bridgehead atoms. The van der Waals surface area contributed by atoms with Crippen molar-refractivity contribution in [2.45, 2.75) is 24.2 Å². The molecule has 1 N–H and O–H groups in total. The van der Waals surface area contributed by atoms with Crippen LogP contribution in [0.4, 0.5) is 0 Å². The lowest BCUT2D eigenvalue weighted by Crippen LogP contribution is -2.32. The molecule has 8 heteroatoms. The monoisotopic (exact) mass is 348 g/mol. The summed E-state index contributed by atoms with van der Waals surface area (Å²) in [5.41, 5.74) is 0. The maximum Gasteiger partial charge on any atom is 0.345 e. The number of thioether (sulfide) groups is 2. The van der Waals surface area contributed by atoms with Crippen LogP contribution >= 0.6 is 34.9 Å². The van der Waals surface area contributed by atoms with Gasteiger partial charge in [-0.05, 0) is 11.4 Å². The van der Waals surface area contributed by atoms with Crippen molar-refractivity contribution in [3.05, 3.63) is 17.5 Å². The molecule has 5 nitrogen and oxygen atoms in total. The van der Waals surface area contributed by atoms with Gasteiger partial charge in [0.15, 0.2) is 5.12 Å². The number of rotatable bonds is 8. The summed E-state index contributed by atoms with van der Waals surface area (Å²) in [5, 5.41) is 10.9. The fourth-order valence-electron chi connectivity index (χ4n) is 1.23. The zero-order chi connectivity index (χ0) is 15.8. The summed E-state index contributed by atoms with van der Waals surface area (Å²) in [5.74, 6) is -1.83. The van der Waals surface area contributed by atoms with Crippen LogP contribution in [0.5, 0.6) is 0 Å². The third kappa shape index (κ3) is 7.01. The minimum atomic E-state index is -1.19. The third-order valence-corrected chi connectivity index (χ3v) is 5.61. The van der Waals surface area contributed by atoms with Crippen LogP contribution < -0.4 is 0 Å². The van der Waals surface area contributed by atoms with Crippen molar-refractivity contribution < 1.29 is 24.2 Å². The van der Waals surface area contributed by atoms with Gasteiger partial charge in [-0.3, -0.25) is 9.59 Å². The fraction of sp³-hybridized carbons (Fsp3) is 0.462. The number of aliphatic carboxylic acids is 1. The average molecular weight is 348 g/mol. The zero-order valence-corrected chi connectivity index (χ0v) is 14.1. The number of ether oxygens (including phenoxy) is 1. The van der Waals surface area contributed by atoms with Crippen molar-refractivity contribution in [2.75, 3.05) is 11.5 Å². The first-order valence-corrected chi connectivity index (χ1v) is 8.98. The minimum absolute atomic E-state index is 0.0855. The lowest BCUT2D eigenvalue weighted by molar-refractivity contribution is -0.164. The molecule has 0 aliphatic carbocycles. The molecular weight excluding hydrogens is 332 g/mol. The molecule has 0 aliphatic heterocycles. The van der Waals surface area contributed by atoms with Crippen molar-refractivity contribution >= 4 is 51.9 Å². The summed E-state index contributed by atoms with van der Waals surface area (Å²) < 4.78 is 5.99. The van der Waals surface area contributed by atoms with Crippen LogP contribution in [-0.2, 0) is 19.1 Å². The van der Waals surface area contributed by atoms with Gasteiger partial charge in [0.2, 0.25) is 6.10 Å². The molecule has 1 rings (SSSR count). The van der Waals surface area contributed by atoms with E-state index in [4.69, 9.17) is 9.84 Å². The van der Waals surface area contributed by atoms with Crippen LogP contribution in [0.15, 0.2) is 21.7 Å². The van der Waals surface area contributed by atoms with Crippen LogP contribution in [0.3, 0.4) is 0 Å². The number of carbonyl (C=O) groups excluding carboxylic acids is 2. The molecule has 0 saturated carbocycles. The first kappa shape index (κ1) is 18.1. The van der Waals surface area contributed by atoms with E-state index in [2.05, 4.69) is 0 Å². The molecule has 1 aromatic rings. The molecule has 0 amide bonds. The fourth-order valence-corrected chi connectivity index (χ4v) is 3.64. The second-order valence-electron chi connectivity index (χ2n) is 4.21. The second-order valence-corrected chi connectivity index (χ2v) is 7.68. The lowest BCUT2D eigenvalue weighted by Gasteiger charge is -2.16. The van der Waals surface area contributed by atoms with Gasteiger partial charge in [0, 0.05) is 18.4 Å². The predicted octanol–water partition coefficient (Wildman–Crippen LogP) is 2.75. The summed E-state index contributed by atoms with van der Waals surface area (Å²) in [6.07, 6.45) is -1.19. The highest BCUT2D eigenvalue weighted by molar-refractivity contribution is 8.13. The van der Waals surface area contributed by atoms with E-state index < -0.39 is 24.0 Å². The topological polar surface area (TPSA) is 80.7 Å². The maximum absolute atomic E-state index is 11.8. The van der Waals surface area contributed by atoms with E-state index in [0.29, 0.717) is 5.75 Å². The van der Waals surface area contributed by atoms with Gasteiger partial charge >= 0.3 is 11.9 Å². The molecule has 0 radical (unpaired) electrons. The van der Waals surface area contributed by atoms with E-state index in [1.54, 1.807) is 6.92 Å². The Bertz CT molecular complexity index is 486. The van der Waals surface area contributed by atoms with Gasteiger partial charge in [0.1, 0.15) is 0 Å². The van der Waals surface area contributed by atoms with Crippen molar-refractivity contribution in [1.82, 2.24) is 0 Å². The van der Waals surface area contributed by atoms with Gasteiger partial charge in [0.25, 0.3) is 0 Å². The SMILES string of the molecule is CC(=O)SC[C@H](C)C(=O)OC(CSc1cccs1)C(=O)O. The quantitative estimate of drug-likeness (QED) is 0.571. The third-order valence-electron chi connectivity index (χ3n) is 2.34. The Morgan fingerprint density at radius 1 is 1.38 bits per heavy atom. The van der Waals surface area contributed by atoms with Crippen LogP contribution in [0.2, 0.25) is 0 Å². The Labute approximate surface area is 135 Å². The van der Waals surface area contributed by atoms with Crippen molar-refractivity contribution in [3.63, 3.8) is 0 Å². The molecule has 21 heavy (non-hydrogen) atoms. The Morgan fingerprint density at radius 3 is 2.62 bits per heavy atom. The summed E-state index contributed by atoms with van der Waals surface area (Å²) in [7, 11) is 0. The molecule has 0 saturated heterocycles. The van der Waals surface area contributed by atoms with Crippen molar-refractivity contribution in [2.24, 2.45) is 5.92 Å².